The number of carbonyl (C=O) groups is 1. The van der Waals surface area contributed by atoms with Crippen molar-refractivity contribution < 1.29 is 4.79 Å². The fourth-order valence-electron chi connectivity index (χ4n) is 2.26. The van der Waals surface area contributed by atoms with Crippen molar-refractivity contribution in [3.8, 4) is 0 Å². The van der Waals surface area contributed by atoms with Crippen LogP contribution in [0.5, 0.6) is 0 Å². The maximum atomic E-state index is 12.4. The normalized spacial score (nSPS) is 12.1. The number of hydrogen-bond acceptors (Lipinski definition) is 5. The van der Waals surface area contributed by atoms with Crippen LogP contribution >= 0.6 is 34.4 Å². The Bertz CT molecular complexity index is 794. The summed E-state index contributed by atoms with van der Waals surface area (Å²) in [7, 11) is 0. The van der Waals surface area contributed by atoms with Crippen molar-refractivity contribution in [1.82, 2.24) is 10.3 Å². The van der Waals surface area contributed by atoms with Gasteiger partial charge in [-0.25, -0.2) is 4.98 Å². The smallest absolute Gasteiger partial charge is 0.231 e. The number of thioether (sulfide) groups is 1. The topological polar surface area (TPSA) is 42.0 Å². The molecule has 1 aromatic carbocycles. The standard InChI is InChI=1S/C18H18N2OS3/c1-12-5-7-14(8-6-12)17(15-4-3-9-22-15)20-16(21)11-24-18-19-13(2)10-23-18/h3-10,17H,11H2,1-2H3,(H,20,21)/t17-/m0/s1. The van der Waals surface area contributed by atoms with E-state index < -0.39 is 0 Å². The number of rotatable bonds is 6. The van der Waals surface area contributed by atoms with Crippen molar-refractivity contribution >= 4 is 40.3 Å². The van der Waals surface area contributed by atoms with Gasteiger partial charge in [-0.3, -0.25) is 4.79 Å². The highest BCUT2D eigenvalue weighted by Gasteiger charge is 2.18. The highest BCUT2D eigenvalue weighted by molar-refractivity contribution is 8.01. The quantitative estimate of drug-likeness (QED) is 0.629. The lowest BCUT2D eigenvalue weighted by Crippen LogP contribution is -2.30. The average Bonchev–Trinajstić information content (AvgIpc) is 3.23. The molecule has 6 heteroatoms. The van der Waals surface area contributed by atoms with Crippen molar-refractivity contribution in [3.05, 3.63) is 68.9 Å². The van der Waals surface area contributed by atoms with E-state index in [0.29, 0.717) is 5.75 Å². The minimum absolute atomic E-state index is 0.0202. The van der Waals surface area contributed by atoms with Crippen LogP contribution in [0.4, 0.5) is 0 Å². The van der Waals surface area contributed by atoms with Gasteiger partial charge < -0.3 is 5.32 Å². The molecule has 3 nitrogen and oxygen atoms in total. The van der Waals surface area contributed by atoms with Gasteiger partial charge in [-0.05, 0) is 30.9 Å². The minimum Gasteiger partial charge on any atom is -0.344 e. The van der Waals surface area contributed by atoms with Crippen LogP contribution in [0.2, 0.25) is 0 Å². The Balaban J connectivity index is 1.69. The first-order valence-electron chi connectivity index (χ1n) is 7.56. The van der Waals surface area contributed by atoms with Gasteiger partial charge in [0.1, 0.15) is 0 Å². The molecule has 0 aliphatic carbocycles. The van der Waals surface area contributed by atoms with Gasteiger partial charge in [0, 0.05) is 16.0 Å². The fraction of sp³-hybridized carbons (Fsp3) is 0.222. The SMILES string of the molecule is Cc1ccc([C@H](NC(=O)CSc2nc(C)cs2)c2cccs2)cc1. The van der Waals surface area contributed by atoms with E-state index in [0.717, 1.165) is 20.5 Å². The minimum atomic E-state index is -0.100. The van der Waals surface area contributed by atoms with Crippen molar-refractivity contribution in [3.63, 3.8) is 0 Å². The van der Waals surface area contributed by atoms with Gasteiger partial charge in [0.25, 0.3) is 0 Å². The van der Waals surface area contributed by atoms with E-state index in [4.69, 9.17) is 0 Å². The Morgan fingerprint density at radius 1 is 1.21 bits per heavy atom. The number of aromatic nitrogens is 1. The predicted octanol–water partition coefficient (Wildman–Crippen LogP) is 4.82. The molecular formula is C18H18N2OS3. The summed E-state index contributed by atoms with van der Waals surface area (Å²) in [5.41, 5.74) is 3.32. The molecule has 0 bridgehead atoms. The summed E-state index contributed by atoms with van der Waals surface area (Å²) in [5.74, 6) is 0.396. The number of hydrogen-bond donors (Lipinski definition) is 1. The van der Waals surface area contributed by atoms with Gasteiger partial charge in [-0.1, -0.05) is 47.7 Å². The fourth-order valence-corrected chi connectivity index (χ4v) is 4.72. The number of thiazole rings is 1. The van der Waals surface area contributed by atoms with Gasteiger partial charge in [0.15, 0.2) is 4.34 Å². The van der Waals surface area contributed by atoms with Gasteiger partial charge in [-0.15, -0.1) is 22.7 Å². The number of aryl methyl sites for hydroxylation is 2. The molecule has 124 valence electrons. The molecular weight excluding hydrogens is 356 g/mol. The van der Waals surface area contributed by atoms with Crippen LogP contribution in [-0.2, 0) is 4.79 Å². The lowest BCUT2D eigenvalue weighted by molar-refractivity contribution is -0.119. The Morgan fingerprint density at radius 2 is 2.00 bits per heavy atom. The molecule has 1 amide bonds. The summed E-state index contributed by atoms with van der Waals surface area (Å²) < 4.78 is 0.936. The molecule has 0 aliphatic rings. The molecule has 3 rings (SSSR count). The number of benzene rings is 1. The van der Waals surface area contributed by atoms with Crippen molar-refractivity contribution in [2.45, 2.75) is 24.2 Å². The third kappa shape index (κ3) is 4.47. The van der Waals surface area contributed by atoms with E-state index in [1.54, 1.807) is 22.7 Å². The summed E-state index contributed by atoms with van der Waals surface area (Å²) in [6.07, 6.45) is 0. The van der Waals surface area contributed by atoms with E-state index in [2.05, 4.69) is 47.6 Å². The van der Waals surface area contributed by atoms with Gasteiger partial charge in [-0.2, -0.15) is 0 Å². The second-order valence-corrected chi connectivity index (χ2v) is 8.53. The summed E-state index contributed by atoms with van der Waals surface area (Å²) in [6.45, 7) is 4.03. The Labute approximate surface area is 154 Å². The Kier molecular flexibility index (Phi) is 5.71. The molecule has 0 unspecified atom stereocenters. The maximum absolute atomic E-state index is 12.4. The van der Waals surface area contributed by atoms with Crippen molar-refractivity contribution in [2.24, 2.45) is 0 Å². The van der Waals surface area contributed by atoms with Gasteiger partial charge >= 0.3 is 0 Å². The molecule has 1 N–H and O–H groups in total. The molecule has 0 spiro atoms. The summed E-state index contributed by atoms with van der Waals surface area (Å²) in [6, 6.07) is 12.3. The Morgan fingerprint density at radius 3 is 2.62 bits per heavy atom. The first-order valence-corrected chi connectivity index (χ1v) is 10.3. The zero-order valence-corrected chi connectivity index (χ0v) is 15.9. The second kappa shape index (κ2) is 7.96. The molecule has 1 atom stereocenters. The molecule has 0 saturated heterocycles. The lowest BCUT2D eigenvalue weighted by atomic mass is 10.0. The average molecular weight is 375 g/mol. The van der Waals surface area contributed by atoms with Gasteiger partial charge in [0.05, 0.1) is 11.8 Å². The van der Waals surface area contributed by atoms with Crippen molar-refractivity contribution in [1.29, 1.82) is 0 Å². The molecule has 2 aromatic heterocycles. The number of nitrogens with one attached hydrogen (secondary N) is 1. The van der Waals surface area contributed by atoms with E-state index in [9.17, 15) is 4.79 Å². The van der Waals surface area contributed by atoms with Crippen LogP contribution in [0.25, 0.3) is 0 Å². The first-order chi connectivity index (χ1) is 11.6. The number of amides is 1. The summed E-state index contributed by atoms with van der Waals surface area (Å²) in [5, 5.41) is 7.20. The predicted molar refractivity (Wildman–Crippen MR) is 103 cm³/mol. The maximum Gasteiger partial charge on any atom is 0.231 e. The number of nitrogens with zero attached hydrogens (tertiary/aromatic N) is 1. The van der Waals surface area contributed by atoms with E-state index in [1.165, 1.54) is 17.3 Å². The third-order valence-corrected chi connectivity index (χ3v) is 6.54. The van der Waals surface area contributed by atoms with Crippen molar-refractivity contribution in [2.75, 3.05) is 5.75 Å². The third-order valence-electron chi connectivity index (χ3n) is 3.47. The summed E-state index contributed by atoms with van der Waals surface area (Å²) >= 11 is 4.72. The molecule has 0 saturated carbocycles. The highest BCUT2D eigenvalue weighted by Crippen LogP contribution is 2.27. The highest BCUT2D eigenvalue weighted by atomic mass is 32.2. The zero-order chi connectivity index (χ0) is 16.9. The molecule has 3 aromatic rings. The molecule has 0 aliphatic heterocycles. The first kappa shape index (κ1) is 17.2. The molecule has 24 heavy (non-hydrogen) atoms. The lowest BCUT2D eigenvalue weighted by Gasteiger charge is -2.18. The van der Waals surface area contributed by atoms with Gasteiger partial charge in [0.2, 0.25) is 5.91 Å². The van der Waals surface area contributed by atoms with E-state index in [-0.39, 0.29) is 11.9 Å². The molecule has 0 fully saturated rings. The van der Waals surface area contributed by atoms with Crippen LogP contribution in [0.3, 0.4) is 0 Å². The second-order valence-electron chi connectivity index (χ2n) is 5.47. The largest absolute Gasteiger partial charge is 0.344 e. The zero-order valence-electron chi connectivity index (χ0n) is 13.5. The monoisotopic (exact) mass is 374 g/mol. The van der Waals surface area contributed by atoms with Crippen LogP contribution < -0.4 is 5.32 Å². The van der Waals surface area contributed by atoms with Crippen LogP contribution in [-0.4, -0.2) is 16.6 Å². The van der Waals surface area contributed by atoms with E-state index in [1.807, 2.05) is 23.8 Å². The van der Waals surface area contributed by atoms with Crippen LogP contribution in [0, 0.1) is 13.8 Å². The molecule has 0 radical (unpaired) electrons. The summed E-state index contributed by atoms with van der Waals surface area (Å²) in [4.78, 5) is 17.9. The number of thiophene rings is 1. The van der Waals surface area contributed by atoms with Crippen LogP contribution in [0.15, 0.2) is 51.5 Å². The van der Waals surface area contributed by atoms with Crippen LogP contribution in [0.1, 0.15) is 27.7 Å². The van der Waals surface area contributed by atoms with E-state index >= 15 is 0 Å². The Hall–Kier alpha value is -1.63. The molecule has 2 heterocycles. The number of carbonyl (C=O) groups excluding carboxylic acids is 1.